The number of hydrogen-bond donors (Lipinski definition) is 3. The Hall–Kier alpha value is -2.86. The van der Waals surface area contributed by atoms with Gasteiger partial charge in [-0.15, -0.1) is 0 Å². The van der Waals surface area contributed by atoms with E-state index < -0.39 is 0 Å². The summed E-state index contributed by atoms with van der Waals surface area (Å²) in [6.45, 7) is 2.19. The van der Waals surface area contributed by atoms with Gasteiger partial charge in [-0.2, -0.15) is 0 Å². The molecular weight excluding hydrogens is 326 g/mol. The van der Waals surface area contributed by atoms with Crippen LogP contribution in [0.5, 0.6) is 0 Å². The maximum absolute atomic E-state index is 12.2. The van der Waals surface area contributed by atoms with E-state index >= 15 is 0 Å². The molecule has 0 spiro atoms. The molecule has 6 nitrogen and oxygen atoms in total. The third-order valence-electron chi connectivity index (χ3n) is 4.24. The van der Waals surface area contributed by atoms with Gasteiger partial charge >= 0.3 is 0 Å². The molecule has 2 heterocycles. The number of anilines is 1. The van der Waals surface area contributed by atoms with E-state index in [9.17, 15) is 4.79 Å². The molecule has 0 aliphatic heterocycles. The first-order valence-electron chi connectivity index (χ1n) is 8.81. The minimum atomic E-state index is -0.146. The number of carbonyl (C=O) groups excluding carboxylic acids is 1. The zero-order valence-electron chi connectivity index (χ0n) is 15.2. The molecule has 26 heavy (non-hydrogen) atoms. The third kappa shape index (κ3) is 4.61. The molecule has 0 aliphatic rings. The van der Waals surface area contributed by atoms with Gasteiger partial charge in [0.25, 0.3) is 5.91 Å². The number of rotatable bonds is 8. The van der Waals surface area contributed by atoms with Crippen molar-refractivity contribution in [1.29, 1.82) is 0 Å². The fraction of sp³-hybridized carbons (Fsp3) is 0.300. The van der Waals surface area contributed by atoms with Gasteiger partial charge in [-0.25, -0.2) is 0 Å². The number of likely N-dealkylation sites (N-methyl/N-ethyl adjacent to an activating group) is 1. The Morgan fingerprint density at radius 3 is 2.88 bits per heavy atom. The highest BCUT2D eigenvalue weighted by Gasteiger charge is 2.08. The van der Waals surface area contributed by atoms with Crippen LogP contribution in [0.3, 0.4) is 0 Å². The summed E-state index contributed by atoms with van der Waals surface area (Å²) >= 11 is 0. The van der Waals surface area contributed by atoms with Crippen LogP contribution >= 0.6 is 0 Å². The average molecular weight is 351 g/mol. The molecule has 6 heteroatoms. The molecule has 1 aromatic carbocycles. The number of aromatic amines is 1. The normalized spacial score (nSPS) is 11.0. The van der Waals surface area contributed by atoms with Gasteiger partial charge in [-0.1, -0.05) is 18.2 Å². The summed E-state index contributed by atoms with van der Waals surface area (Å²) in [5.41, 5.74) is 3.77. The number of nitrogens with zero attached hydrogens (tertiary/aromatic N) is 2. The van der Waals surface area contributed by atoms with Crippen molar-refractivity contribution in [2.75, 3.05) is 39.0 Å². The van der Waals surface area contributed by atoms with Gasteiger partial charge in [0.05, 0.1) is 0 Å². The number of benzene rings is 1. The summed E-state index contributed by atoms with van der Waals surface area (Å²) in [7, 11) is 3.95. The van der Waals surface area contributed by atoms with Crippen LogP contribution in [0.25, 0.3) is 10.9 Å². The molecule has 3 aromatic rings. The van der Waals surface area contributed by atoms with Crippen molar-refractivity contribution in [2.24, 2.45) is 0 Å². The van der Waals surface area contributed by atoms with E-state index in [0.717, 1.165) is 30.7 Å². The zero-order chi connectivity index (χ0) is 18.4. The van der Waals surface area contributed by atoms with Crippen LogP contribution in [0, 0.1) is 0 Å². The Kier molecular flexibility index (Phi) is 5.86. The number of H-pyrrole nitrogens is 1. The lowest BCUT2D eigenvalue weighted by molar-refractivity contribution is 0.0946. The van der Waals surface area contributed by atoms with E-state index in [2.05, 4.69) is 45.0 Å². The van der Waals surface area contributed by atoms with E-state index in [4.69, 9.17) is 0 Å². The minimum absolute atomic E-state index is 0.146. The molecule has 0 bridgehead atoms. The van der Waals surface area contributed by atoms with E-state index in [1.165, 1.54) is 10.9 Å². The summed E-state index contributed by atoms with van der Waals surface area (Å²) in [6.07, 6.45) is 4.62. The second kappa shape index (κ2) is 8.49. The molecule has 0 atom stereocenters. The number of nitrogens with one attached hydrogen (secondary N) is 3. The molecule has 0 saturated heterocycles. The lowest BCUT2D eigenvalue weighted by Crippen LogP contribution is -2.31. The Morgan fingerprint density at radius 1 is 1.19 bits per heavy atom. The quantitative estimate of drug-likeness (QED) is 0.583. The summed E-state index contributed by atoms with van der Waals surface area (Å²) in [5.74, 6) is -0.146. The van der Waals surface area contributed by atoms with Crippen molar-refractivity contribution in [3.63, 3.8) is 0 Å². The second-order valence-electron chi connectivity index (χ2n) is 6.53. The van der Waals surface area contributed by atoms with Crippen molar-refractivity contribution in [1.82, 2.24) is 20.2 Å². The first-order chi connectivity index (χ1) is 12.6. The first kappa shape index (κ1) is 17.9. The van der Waals surface area contributed by atoms with Crippen molar-refractivity contribution in [3.8, 4) is 0 Å². The predicted octanol–water partition coefficient (Wildman–Crippen LogP) is 2.51. The molecule has 0 fully saturated rings. The van der Waals surface area contributed by atoms with Gasteiger partial charge in [0.2, 0.25) is 0 Å². The lowest BCUT2D eigenvalue weighted by atomic mass is 10.1. The summed E-state index contributed by atoms with van der Waals surface area (Å²) in [6, 6.07) is 12.0. The van der Waals surface area contributed by atoms with Crippen molar-refractivity contribution >= 4 is 22.5 Å². The van der Waals surface area contributed by atoms with E-state index in [-0.39, 0.29) is 5.91 Å². The first-order valence-corrected chi connectivity index (χ1v) is 8.81. The van der Waals surface area contributed by atoms with Crippen LogP contribution < -0.4 is 10.6 Å². The number of amides is 1. The molecule has 2 aromatic heterocycles. The van der Waals surface area contributed by atoms with Crippen molar-refractivity contribution in [3.05, 3.63) is 60.0 Å². The van der Waals surface area contributed by atoms with Gasteiger partial charge in [0, 0.05) is 48.6 Å². The summed E-state index contributed by atoms with van der Waals surface area (Å²) in [4.78, 5) is 21.6. The SMILES string of the molecule is CN(C)CCNC(=O)c1cc(NCCc2c[nH]c3ccccc23)ccn1. The Morgan fingerprint density at radius 2 is 2.04 bits per heavy atom. The second-order valence-corrected chi connectivity index (χ2v) is 6.53. The molecule has 0 unspecified atom stereocenters. The van der Waals surface area contributed by atoms with E-state index in [0.29, 0.717) is 12.2 Å². The van der Waals surface area contributed by atoms with Crippen LogP contribution in [0.2, 0.25) is 0 Å². The average Bonchev–Trinajstić information content (AvgIpc) is 3.05. The number of carbonyl (C=O) groups is 1. The Balaban J connectivity index is 1.54. The van der Waals surface area contributed by atoms with Gasteiger partial charge < -0.3 is 20.5 Å². The van der Waals surface area contributed by atoms with Gasteiger partial charge in [-0.05, 0) is 44.3 Å². The number of hydrogen-bond acceptors (Lipinski definition) is 4. The van der Waals surface area contributed by atoms with Crippen molar-refractivity contribution in [2.45, 2.75) is 6.42 Å². The molecule has 1 amide bonds. The molecule has 0 aliphatic carbocycles. The maximum atomic E-state index is 12.2. The van der Waals surface area contributed by atoms with E-state index in [1.54, 1.807) is 12.3 Å². The summed E-state index contributed by atoms with van der Waals surface area (Å²) in [5, 5.41) is 7.51. The zero-order valence-corrected chi connectivity index (χ0v) is 15.2. The number of pyridine rings is 1. The Bertz CT molecular complexity index is 871. The summed E-state index contributed by atoms with van der Waals surface area (Å²) < 4.78 is 0. The standard InChI is InChI=1S/C20H25N5O/c1-25(2)12-11-23-20(26)19-13-16(8-10-22-19)21-9-7-15-14-24-18-6-4-3-5-17(15)18/h3-6,8,10,13-14,24H,7,9,11-12H2,1-2H3,(H,21,22)(H,23,26). The number of para-hydroxylation sites is 1. The van der Waals surface area contributed by atoms with Crippen LogP contribution in [0.4, 0.5) is 5.69 Å². The molecular formula is C20H25N5O. The highest BCUT2D eigenvalue weighted by molar-refractivity contribution is 5.93. The van der Waals surface area contributed by atoms with Gasteiger partial charge in [-0.3, -0.25) is 9.78 Å². The molecule has 3 N–H and O–H groups in total. The maximum Gasteiger partial charge on any atom is 0.269 e. The smallest absolute Gasteiger partial charge is 0.269 e. The highest BCUT2D eigenvalue weighted by atomic mass is 16.1. The van der Waals surface area contributed by atoms with Gasteiger partial charge in [0.1, 0.15) is 5.69 Å². The topological polar surface area (TPSA) is 73.1 Å². The van der Waals surface area contributed by atoms with E-state index in [1.807, 2.05) is 31.1 Å². The number of fused-ring (bicyclic) bond motifs is 1. The minimum Gasteiger partial charge on any atom is -0.385 e. The monoisotopic (exact) mass is 351 g/mol. The Labute approximate surface area is 153 Å². The molecule has 136 valence electrons. The predicted molar refractivity (Wildman–Crippen MR) is 106 cm³/mol. The fourth-order valence-electron chi connectivity index (χ4n) is 2.83. The van der Waals surface area contributed by atoms with Crippen LogP contribution in [0.15, 0.2) is 48.8 Å². The van der Waals surface area contributed by atoms with Crippen LogP contribution in [-0.2, 0) is 6.42 Å². The molecule has 3 rings (SSSR count). The van der Waals surface area contributed by atoms with Crippen molar-refractivity contribution < 1.29 is 4.79 Å². The third-order valence-corrected chi connectivity index (χ3v) is 4.24. The van der Waals surface area contributed by atoms with Crippen LogP contribution in [0.1, 0.15) is 16.1 Å². The largest absolute Gasteiger partial charge is 0.385 e. The molecule has 0 radical (unpaired) electrons. The van der Waals surface area contributed by atoms with Gasteiger partial charge in [0.15, 0.2) is 0 Å². The fourth-order valence-corrected chi connectivity index (χ4v) is 2.83. The van der Waals surface area contributed by atoms with Crippen LogP contribution in [-0.4, -0.2) is 54.5 Å². The highest BCUT2D eigenvalue weighted by Crippen LogP contribution is 2.18. The molecule has 0 saturated carbocycles. The number of aromatic nitrogens is 2. The lowest BCUT2D eigenvalue weighted by Gasteiger charge is -2.11.